The van der Waals surface area contributed by atoms with Crippen molar-refractivity contribution in [2.24, 2.45) is 5.16 Å². The highest BCUT2D eigenvalue weighted by Crippen LogP contribution is 2.33. The smallest absolute Gasteiger partial charge is 0.269 e. The largest absolute Gasteiger partial charge is 0.411 e. The van der Waals surface area contributed by atoms with Gasteiger partial charge in [0.25, 0.3) is 5.69 Å². The fourth-order valence-corrected chi connectivity index (χ4v) is 4.21. The van der Waals surface area contributed by atoms with Crippen molar-refractivity contribution in [1.82, 2.24) is 4.57 Å². The minimum absolute atomic E-state index is 0.0298. The number of aromatic nitrogens is 1. The van der Waals surface area contributed by atoms with E-state index in [1.165, 1.54) is 12.1 Å². The average molecular weight is 444 g/mol. The van der Waals surface area contributed by atoms with Crippen molar-refractivity contribution in [3.8, 4) is 5.69 Å². The van der Waals surface area contributed by atoms with Gasteiger partial charge < -0.3 is 9.77 Å². The Balaban J connectivity index is 1.76. The van der Waals surface area contributed by atoms with Crippen LogP contribution < -0.4 is 0 Å². The molecule has 4 aromatic rings. The molecule has 0 fully saturated rings. The van der Waals surface area contributed by atoms with Gasteiger partial charge in [0.1, 0.15) is 5.71 Å². The number of ketones is 1. The minimum atomic E-state index is -0.421. The van der Waals surface area contributed by atoms with Crippen LogP contribution in [0, 0.1) is 10.1 Å². The number of unbranched alkanes of at least 4 members (excludes halogenated alkanes) is 3. The maximum Gasteiger partial charge on any atom is 0.269 e. The number of carbonyl (C=O) groups excluding carboxylic acids is 1. The number of Topliss-reactive ketones (excluding diaryl/α,β-unsaturated/α-hetero) is 1. The molecule has 1 heterocycles. The molecule has 1 aromatic heterocycles. The zero-order chi connectivity index (χ0) is 23.4. The van der Waals surface area contributed by atoms with Gasteiger partial charge in [-0.15, -0.1) is 0 Å². The third-order valence-electron chi connectivity index (χ3n) is 5.90. The maximum absolute atomic E-state index is 13.0. The number of carbonyl (C=O) groups is 1. The molecular formula is C26H25N3O4. The normalized spacial score (nSPS) is 11.8. The average Bonchev–Trinajstić information content (AvgIpc) is 3.17. The van der Waals surface area contributed by atoms with E-state index in [2.05, 4.69) is 12.1 Å². The minimum Gasteiger partial charge on any atom is -0.411 e. The van der Waals surface area contributed by atoms with Crippen LogP contribution in [-0.4, -0.2) is 26.2 Å². The van der Waals surface area contributed by atoms with Crippen LogP contribution in [-0.2, 0) is 0 Å². The van der Waals surface area contributed by atoms with E-state index in [0.29, 0.717) is 12.0 Å². The van der Waals surface area contributed by atoms with Crippen LogP contribution in [0.25, 0.3) is 27.5 Å². The second-order valence-electron chi connectivity index (χ2n) is 8.04. The Kier molecular flexibility index (Phi) is 6.49. The first-order valence-electron chi connectivity index (χ1n) is 11.1. The van der Waals surface area contributed by atoms with Gasteiger partial charge in [-0.3, -0.25) is 14.9 Å². The second kappa shape index (κ2) is 9.65. The van der Waals surface area contributed by atoms with E-state index in [-0.39, 0.29) is 17.2 Å². The number of nitrogens with zero attached hydrogens (tertiary/aromatic N) is 3. The third kappa shape index (κ3) is 4.35. The highest BCUT2D eigenvalue weighted by molar-refractivity contribution is 6.46. The lowest BCUT2D eigenvalue weighted by Gasteiger charge is -2.08. The van der Waals surface area contributed by atoms with Gasteiger partial charge in [-0.05, 0) is 49.2 Å². The summed E-state index contributed by atoms with van der Waals surface area (Å²) >= 11 is 0. The summed E-state index contributed by atoms with van der Waals surface area (Å²) in [7, 11) is 0. The number of para-hydroxylation sites is 1. The molecule has 0 unspecified atom stereocenters. The molecule has 4 rings (SSSR count). The first-order valence-corrected chi connectivity index (χ1v) is 11.1. The van der Waals surface area contributed by atoms with Gasteiger partial charge in [0.05, 0.1) is 16.0 Å². The van der Waals surface area contributed by atoms with Crippen molar-refractivity contribution >= 4 is 39.0 Å². The van der Waals surface area contributed by atoms with E-state index >= 15 is 0 Å². The van der Waals surface area contributed by atoms with Gasteiger partial charge in [-0.2, -0.15) is 0 Å². The van der Waals surface area contributed by atoms with Crippen molar-refractivity contribution in [3.05, 3.63) is 82.4 Å². The predicted octanol–water partition coefficient (Wildman–Crippen LogP) is 6.68. The summed E-state index contributed by atoms with van der Waals surface area (Å²) in [5.74, 6) is -0.275. The topological polar surface area (TPSA) is 97.7 Å². The molecule has 1 N–H and O–H groups in total. The number of nitro benzene ring substituents is 1. The van der Waals surface area contributed by atoms with Crippen molar-refractivity contribution in [2.75, 3.05) is 0 Å². The molecule has 0 saturated heterocycles. The van der Waals surface area contributed by atoms with Crippen molar-refractivity contribution in [1.29, 1.82) is 0 Å². The van der Waals surface area contributed by atoms with Crippen LogP contribution in [0.3, 0.4) is 0 Å². The SMILES string of the molecule is CCCCCCC(=NO)C(=O)c1ccc2c(c1)c1ccccc1n2-c1ccc([N+](=O)[O-])cc1. The Morgan fingerprint density at radius 2 is 1.70 bits per heavy atom. The highest BCUT2D eigenvalue weighted by Gasteiger charge is 2.18. The molecule has 3 aromatic carbocycles. The van der Waals surface area contributed by atoms with E-state index in [1.54, 1.807) is 18.2 Å². The lowest BCUT2D eigenvalue weighted by Crippen LogP contribution is -2.14. The molecule has 0 aliphatic carbocycles. The molecule has 0 aliphatic rings. The molecular weight excluding hydrogens is 418 g/mol. The van der Waals surface area contributed by atoms with Crippen molar-refractivity contribution < 1.29 is 14.9 Å². The Morgan fingerprint density at radius 1 is 0.970 bits per heavy atom. The second-order valence-corrected chi connectivity index (χ2v) is 8.04. The summed E-state index contributed by atoms with van der Waals surface area (Å²) in [6, 6.07) is 19.7. The molecule has 0 amide bonds. The van der Waals surface area contributed by atoms with E-state index < -0.39 is 4.92 Å². The molecule has 7 nitrogen and oxygen atoms in total. The number of hydrogen-bond donors (Lipinski definition) is 1. The molecule has 168 valence electrons. The molecule has 7 heteroatoms. The molecule has 0 aliphatic heterocycles. The first-order chi connectivity index (χ1) is 16.0. The first kappa shape index (κ1) is 22.2. The lowest BCUT2D eigenvalue weighted by atomic mass is 10.00. The summed E-state index contributed by atoms with van der Waals surface area (Å²) in [6.07, 6.45) is 4.42. The van der Waals surface area contributed by atoms with Gasteiger partial charge in [-0.1, -0.05) is 49.5 Å². The molecule has 33 heavy (non-hydrogen) atoms. The lowest BCUT2D eigenvalue weighted by molar-refractivity contribution is -0.384. The fourth-order valence-electron chi connectivity index (χ4n) is 4.21. The van der Waals surface area contributed by atoms with Gasteiger partial charge in [0.15, 0.2) is 0 Å². The quantitative estimate of drug-likeness (QED) is 0.0779. The zero-order valence-electron chi connectivity index (χ0n) is 18.4. The summed E-state index contributed by atoms with van der Waals surface area (Å²) < 4.78 is 2.02. The third-order valence-corrected chi connectivity index (χ3v) is 5.90. The standard InChI is InChI=1S/C26H25N3O4/c1-2-3-4-5-9-23(27-31)26(30)18-11-16-25-22(17-18)21-8-6-7-10-24(21)28(25)19-12-14-20(15-13-19)29(32)33/h6-8,10-17,31H,2-5,9H2,1H3. The number of fused-ring (bicyclic) bond motifs is 3. The Hall–Kier alpha value is -4.00. The summed E-state index contributed by atoms with van der Waals surface area (Å²) in [6.45, 7) is 2.12. The van der Waals surface area contributed by atoms with Crippen LogP contribution in [0.1, 0.15) is 49.4 Å². The summed E-state index contributed by atoms with van der Waals surface area (Å²) in [5, 5.41) is 25.6. The number of non-ortho nitro benzene ring substituents is 1. The van der Waals surface area contributed by atoms with E-state index in [4.69, 9.17) is 0 Å². The van der Waals surface area contributed by atoms with E-state index in [9.17, 15) is 20.1 Å². The van der Waals surface area contributed by atoms with Gasteiger partial charge in [0.2, 0.25) is 5.78 Å². The number of rotatable bonds is 9. The predicted molar refractivity (Wildman–Crippen MR) is 130 cm³/mol. The van der Waals surface area contributed by atoms with Crippen LogP contribution in [0.4, 0.5) is 5.69 Å². The van der Waals surface area contributed by atoms with Gasteiger partial charge in [0, 0.05) is 34.2 Å². The Labute approximate surface area is 191 Å². The monoisotopic (exact) mass is 443 g/mol. The van der Waals surface area contributed by atoms with Crippen LogP contribution in [0.15, 0.2) is 71.9 Å². The number of oxime groups is 1. The fraction of sp³-hybridized carbons (Fsp3) is 0.231. The summed E-state index contributed by atoms with van der Waals surface area (Å²) in [4.78, 5) is 23.7. The molecule has 0 atom stereocenters. The maximum atomic E-state index is 13.0. The molecule has 0 saturated carbocycles. The van der Waals surface area contributed by atoms with E-state index in [0.717, 1.165) is 53.2 Å². The number of hydrogen-bond acceptors (Lipinski definition) is 5. The van der Waals surface area contributed by atoms with Crippen molar-refractivity contribution in [3.63, 3.8) is 0 Å². The number of benzene rings is 3. The Morgan fingerprint density at radius 3 is 2.39 bits per heavy atom. The van der Waals surface area contributed by atoms with Crippen LogP contribution >= 0.6 is 0 Å². The van der Waals surface area contributed by atoms with E-state index in [1.807, 2.05) is 41.0 Å². The molecule has 0 radical (unpaired) electrons. The Bertz CT molecular complexity index is 1350. The number of nitro groups is 1. The summed E-state index contributed by atoms with van der Waals surface area (Å²) in [5.41, 5.74) is 3.28. The van der Waals surface area contributed by atoms with Gasteiger partial charge in [-0.25, -0.2) is 0 Å². The van der Waals surface area contributed by atoms with Crippen LogP contribution in [0.2, 0.25) is 0 Å². The van der Waals surface area contributed by atoms with Gasteiger partial charge >= 0.3 is 0 Å². The molecule has 0 spiro atoms. The zero-order valence-corrected chi connectivity index (χ0v) is 18.4. The molecule has 0 bridgehead atoms. The van der Waals surface area contributed by atoms with Crippen molar-refractivity contribution in [2.45, 2.75) is 39.0 Å². The van der Waals surface area contributed by atoms with Crippen LogP contribution in [0.5, 0.6) is 0 Å². The highest BCUT2D eigenvalue weighted by atomic mass is 16.6.